The van der Waals surface area contributed by atoms with Gasteiger partial charge in [-0.15, -0.1) is 0 Å². The van der Waals surface area contributed by atoms with Gasteiger partial charge in [-0.1, -0.05) is 64.7 Å². The van der Waals surface area contributed by atoms with E-state index in [0.717, 1.165) is 0 Å². The van der Waals surface area contributed by atoms with Crippen LogP contribution in [0.3, 0.4) is 0 Å². The highest BCUT2D eigenvalue weighted by Crippen LogP contribution is 2.16. The van der Waals surface area contributed by atoms with Crippen molar-refractivity contribution in [3.05, 3.63) is 18.7 Å². The Kier molecular flexibility index (Phi) is 13.7. The van der Waals surface area contributed by atoms with Gasteiger partial charge in [0.05, 0.1) is 6.33 Å². The van der Waals surface area contributed by atoms with E-state index in [-0.39, 0.29) is 0 Å². The van der Waals surface area contributed by atoms with Gasteiger partial charge in [0.1, 0.15) is 0 Å². The van der Waals surface area contributed by atoms with Crippen molar-refractivity contribution in [1.82, 2.24) is 9.55 Å². The molecule has 1 aromatic heterocycles. The molecule has 1 rings (SSSR count). The normalized spacial score (nSPS) is 12.6. The van der Waals surface area contributed by atoms with Crippen LogP contribution < -0.4 is 5.73 Å². The zero-order valence-electron chi connectivity index (χ0n) is 14.6. The maximum Gasteiger partial charge on any atom is 0.673 e. The van der Waals surface area contributed by atoms with Crippen molar-refractivity contribution in [3.63, 3.8) is 0 Å². The second kappa shape index (κ2) is 14.3. The molecule has 1 unspecified atom stereocenters. The molecule has 0 saturated heterocycles. The molecule has 0 saturated carbocycles. The van der Waals surface area contributed by atoms with Crippen molar-refractivity contribution in [1.29, 1.82) is 0 Å². The fraction of sp³-hybridized carbons (Fsp3) is 0.812. The Morgan fingerprint density at radius 1 is 0.958 bits per heavy atom. The molecule has 24 heavy (non-hydrogen) atoms. The average Bonchev–Trinajstić information content (AvgIpc) is 3.02. The Balaban J connectivity index is 0.000000922. The number of nitrogens with two attached hydrogens (primary N) is 1. The van der Waals surface area contributed by atoms with Crippen molar-refractivity contribution in [2.45, 2.75) is 77.2 Å². The molecule has 1 atom stereocenters. The van der Waals surface area contributed by atoms with Crippen molar-refractivity contribution in [2.75, 3.05) is 6.54 Å². The molecule has 1 heterocycles. The number of nitrogens with zero attached hydrogens (tertiary/aromatic N) is 2. The van der Waals surface area contributed by atoms with Gasteiger partial charge in [-0.25, -0.2) is 4.98 Å². The lowest BCUT2D eigenvalue weighted by Gasteiger charge is -2.15. The summed E-state index contributed by atoms with van der Waals surface area (Å²) in [5.74, 6) is 0. The van der Waals surface area contributed by atoms with E-state index < -0.39 is 7.25 Å². The van der Waals surface area contributed by atoms with E-state index in [9.17, 15) is 17.3 Å². The van der Waals surface area contributed by atoms with Gasteiger partial charge < -0.3 is 27.6 Å². The van der Waals surface area contributed by atoms with Crippen LogP contribution in [0.2, 0.25) is 0 Å². The quantitative estimate of drug-likeness (QED) is 0.302. The predicted molar refractivity (Wildman–Crippen MR) is 92.3 cm³/mol. The summed E-state index contributed by atoms with van der Waals surface area (Å²) in [5, 5.41) is 0. The molecule has 3 nitrogen and oxygen atoms in total. The highest BCUT2D eigenvalue weighted by atomic mass is 19.5. The van der Waals surface area contributed by atoms with Gasteiger partial charge in [-0.3, -0.25) is 0 Å². The molecular formula is C16H31BF4N3-. The van der Waals surface area contributed by atoms with E-state index in [4.69, 9.17) is 5.73 Å². The molecular weight excluding hydrogens is 321 g/mol. The summed E-state index contributed by atoms with van der Waals surface area (Å²) in [4.78, 5) is 4.09. The monoisotopic (exact) mass is 352 g/mol. The van der Waals surface area contributed by atoms with Gasteiger partial charge >= 0.3 is 7.25 Å². The zero-order valence-corrected chi connectivity index (χ0v) is 14.6. The molecule has 0 aromatic carbocycles. The largest absolute Gasteiger partial charge is 0.673 e. The molecule has 0 aliphatic carbocycles. The third-order valence-electron chi connectivity index (χ3n) is 3.86. The second-order valence-corrected chi connectivity index (χ2v) is 6.01. The number of unbranched alkanes of at least 4 members (excludes halogenated alkanes) is 8. The number of imidazole rings is 1. The summed E-state index contributed by atoms with van der Waals surface area (Å²) in [5.41, 5.74) is 5.82. The number of halogens is 4. The fourth-order valence-corrected chi connectivity index (χ4v) is 2.56. The van der Waals surface area contributed by atoms with E-state index in [2.05, 4.69) is 16.5 Å². The standard InChI is InChI=1S/C16H31N3.BF4/c1-2-3-4-5-6-7-8-9-10-11-16(14-17)19-13-12-18-15-19;2-1(3,4)5/h12-13,15-16H,2-11,14,17H2,1H3;/q;-1. The molecule has 0 spiro atoms. The van der Waals surface area contributed by atoms with Crippen LogP contribution in [0.5, 0.6) is 0 Å². The summed E-state index contributed by atoms with van der Waals surface area (Å²) in [6.07, 6.45) is 19.3. The first-order chi connectivity index (χ1) is 11.4. The molecule has 0 radical (unpaired) electrons. The Labute approximate surface area is 143 Å². The summed E-state index contributed by atoms with van der Waals surface area (Å²) in [7, 11) is -6.00. The minimum Gasteiger partial charge on any atom is -0.418 e. The second-order valence-electron chi connectivity index (χ2n) is 6.01. The number of rotatable bonds is 12. The van der Waals surface area contributed by atoms with Crippen LogP contribution in [-0.4, -0.2) is 23.4 Å². The minimum absolute atomic E-state index is 0.437. The van der Waals surface area contributed by atoms with Crippen molar-refractivity contribution in [3.8, 4) is 0 Å². The third-order valence-corrected chi connectivity index (χ3v) is 3.86. The zero-order chi connectivity index (χ0) is 18.3. The lowest BCUT2D eigenvalue weighted by Crippen LogP contribution is -2.18. The molecule has 0 amide bonds. The van der Waals surface area contributed by atoms with Gasteiger partial charge in [0, 0.05) is 25.0 Å². The molecule has 0 bridgehead atoms. The van der Waals surface area contributed by atoms with Gasteiger partial charge in [-0.2, -0.15) is 0 Å². The summed E-state index contributed by atoms with van der Waals surface area (Å²) in [6.45, 7) is 2.99. The van der Waals surface area contributed by atoms with E-state index in [1.165, 1.54) is 64.2 Å². The van der Waals surface area contributed by atoms with Crippen LogP contribution in [0.25, 0.3) is 0 Å². The van der Waals surface area contributed by atoms with Crippen molar-refractivity contribution in [2.24, 2.45) is 5.73 Å². The van der Waals surface area contributed by atoms with Crippen molar-refractivity contribution >= 4 is 7.25 Å². The summed E-state index contributed by atoms with van der Waals surface area (Å²) < 4.78 is 41.1. The Morgan fingerprint density at radius 2 is 1.46 bits per heavy atom. The van der Waals surface area contributed by atoms with Gasteiger partial charge in [0.15, 0.2) is 0 Å². The molecule has 0 aliphatic heterocycles. The fourth-order valence-electron chi connectivity index (χ4n) is 2.56. The van der Waals surface area contributed by atoms with Gasteiger partial charge in [0.2, 0.25) is 0 Å². The lowest BCUT2D eigenvalue weighted by atomic mass is 10.0. The smallest absolute Gasteiger partial charge is 0.418 e. The topological polar surface area (TPSA) is 43.8 Å². The first kappa shape index (κ1) is 23.0. The highest BCUT2D eigenvalue weighted by molar-refractivity contribution is 6.50. The maximum absolute atomic E-state index is 9.75. The molecule has 142 valence electrons. The highest BCUT2D eigenvalue weighted by Gasteiger charge is 2.20. The number of hydrogen-bond acceptors (Lipinski definition) is 2. The van der Waals surface area contributed by atoms with E-state index in [0.29, 0.717) is 12.6 Å². The Morgan fingerprint density at radius 3 is 1.88 bits per heavy atom. The Hall–Kier alpha value is -1.05. The predicted octanol–water partition coefficient (Wildman–Crippen LogP) is 5.60. The van der Waals surface area contributed by atoms with Crippen LogP contribution in [-0.2, 0) is 0 Å². The van der Waals surface area contributed by atoms with Crippen LogP contribution >= 0.6 is 0 Å². The van der Waals surface area contributed by atoms with Crippen LogP contribution in [0.1, 0.15) is 77.2 Å². The first-order valence-corrected chi connectivity index (χ1v) is 8.93. The maximum atomic E-state index is 9.75. The molecule has 0 aliphatic rings. The number of aromatic nitrogens is 2. The summed E-state index contributed by atoms with van der Waals surface area (Å²) in [6, 6.07) is 0.437. The van der Waals surface area contributed by atoms with E-state index >= 15 is 0 Å². The molecule has 2 N–H and O–H groups in total. The average molecular weight is 352 g/mol. The third kappa shape index (κ3) is 15.8. The molecule has 8 heteroatoms. The molecule has 0 fully saturated rings. The van der Waals surface area contributed by atoms with Crippen LogP contribution in [0.4, 0.5) is 17.3 Å². The first-order valence-electron chi connectivity index (χ1n) is 8.93. The van der Waals surface area contributed by atoms with Gasteiger partial charge in [-0.05, 0) is 6.42 Å². The van der Waals surface area contributed by atoms with E-state index in [1.807, 2.05) is 18.7 Å². The Bertz CT molecular complexity index is 366. The SMILES string of the molecule is CCCCCCCCCCCC(CN)n1ccnc1.F[B-](F)(F)F. The van der Waals surface area contributed by atoms with Crippen LogP contribution in [0.15, 0.2) is 18.7 Å². The minimum atomic E-state index is -6.00. The van der Waals surface area contributed by atoms with Crippen molar-refractivity contribution < 1.29 is 17.3 Å². The summed E-state index contributed by atoms with van der Waals surface area (Å²) >= 11 is 0. The van der Waals surface area contributed by atoms with Crippen LogP contribution in [0, 0.1) is 0 Å². The lowest BCUT2D eigenvalue weighted by molar-refractivity contribution is 0.368. The van der Waals surface area contributed by atoms with Gasteiger partial charge in [0.25, 0.3) is 0 Å². The number of hydrogen-bond donors (Lipinski definition) is 1. The van der Waals surface area contributed by atoms with E-state index in [1.54, 1.807) is 0 Å². The molecule has 1 aromatic rings.